The molecule has 1 fully saturated rings. The summed E-state index contributed by atoms with van der Waals surface area (Å²) >= 11 is 6.48. The number of para-hydroxylation sites is 1. The number of nitrogens with one attached hydrogen (secondary N) is 2. The third-order valence-electron chi connectivity index (χ3n) is 6.22. The van der Waals surface area contributed by atoms with Crippen LogP contribution in [0.15, 0.2) is 54.6 Å². The van der Waals surface area contributed by atoms with E-state index >= 15 is 0 Å². The van der Waals surface area contributed by atoms with Crippen LogP contribution >= 0.6 is 11.6 Å². The standard InChI is InChI=1S/C22H24ClN3O/c1-2-25-13-11-22(12-14-25)26-20(17-8-4-6-10-21(17)27-22)15-19(24-26)16-7-3-5-9-18(16)23/h3-10,15,20,24H,2,11-14H2,1H3/p+1/t20-/m1/s1. The maximum absolute atomic E-state index is 6.67. The Hall–Kier alpha value is -2.01. The summed E-state index contributed by atoms with van der Waals surface area (Å²) in [6.45, 7) is 5.70. The number of ether oxygens (including phenoxy) is 1. The van der Waals surface area contributed by atoms with Crippen LogP contribution in [0.1, 0.15) is 36.9 Å². The van der Waals surface area contributed by atoms with Crippen molar-refractivity contribution in [2.45, 2.75) is 31.5 Å². The molecule has 3 aliphatic heterocycles. The molecule has 1 saturated heterocycles. The van der Waals surface area contributed by atoms with Gasteiger partial charge in [0, 0.05) is 16.1 Å². The number of piperidine rings is 1. The van der Waals surface area contributed by atoms with E-state index in [2.05, 4.69) is 53.8 Å². The molecule has 27 heavy (non-hydrogen) atoms. The number of nitrogens with zero attached hydrogens (tertiary/aromatic N) is 1. The first-order chi connectivity index (χ1) is 13.2. The predicted molar refractivity (Wildman–Crippen MR) is 107 cm³/mol. The minimum Gasteiger partial charge on any atom is -0.470 e. The van der Waals surface area contributed by atoms with Gasteiger partial charge in [0.05, 0.1) is 44.2 Å². The van der Waals surface area contributed by atoms with Crippen molar-refractivity contribution in [3.05, 3.63) is 70.8 Å². The van der Waals surface area contributed by atoms with Crippen molar-refractivity contribution in [2.75, 3.05) is 19.6 Å². The van der Waals surface area contributed by atoms with E-state index in [1.54, 1.807) is 4.90 Å². The van der Waals surface area contributed by atoms with Crippen LogP contribution in [0, 0.1) is 0 Å². The van der Waals surface area contributed by atoms with Gasteiger partial charge in [-0.1, -0.05) is 48.0 Å². The summed E-state index contributed by atoms with van der Waals surface area (Å²) in [5.41, 5.74) is 6.67. The fourth-order valence-electron chi connectivity index (χ4n) is 4.65. The number of rotatable bonds is 2. The molecule has 3 aliphatic rings. The lowest BCUT2D eigenvalue weighted by molar-refractivity contribution is -0.906. The van der Waals surface area contributed by atoms with Gasteiger partial charge in [-0.25, -0.2) is 0 Å². The highest BCUT2D eigenvalue weighted by Crippen LogP contribution is 2.47. The predicted octanol–water partition coefficient (Wildman–Crippen LogP) is 3.03. The molecule has 0 unspecified atom stereocenters. The number of fused-ring (bicyclic) bond motifs is 4. The van der Waals surface area contributed by atoms with Gasteiger partial charge in [-0.05, 0) is 25.1 Å². The highest BCUT2D eigenvalue weighted by atomic mass is 35.5. The van der Waals surface area contributed by atoms with Crippen molar-refractivity contribution in [3.8, 4) is 5.75 Å². The van der Waals surface area contributed by atoms with Crippen LogP contribution < -0.4 is 15.1 Å². The smallest absolute Gasteiger partial charge is 0.191 e. The second-order valence-corrected chi connectivity index (χ2v) is 8.08. The molecule has 1 atom stereocenters. The Morgan fingerprint density at radius 2 is 1.89 bits per heavy atom. The lowest BCUT2D eigenvalue weighted by atomic mass is 9.93. The summed E-state index contributed by atoms with van der Waals surface area (Å²) in [6, 6.07) is 16.6. The Bertz CT molecular complexity index is 889. The zero-order valence-electron chi connectivity index (χ0n) is 15.5. The SMILES string of the molecule is CC[NH+]1CCC2(CC1)Oc1ccccc1[C@H]1C=C(c3ccccc3Cl)NN12. The van der Waals surface area contributed by atoms with Crippen LogP contribution in [0.25, 0.3) is 5.70 Å². The number of hydrazine groups is 1. The lowest BCUT2D eigenvalue weighted by Crippen LogP contribution is -3.13. The molecule has 3 heterocycles. The van der Waals surface area contributed by atoms with Crippen LogP contribution in [0.4, 0.5) is 0 Å². The molecule has 140 valence electrons. The number of hydrogen-bond donors (Lipinski definition) is 2. The Morgan fingerprint density at radius 3 is 2.67 bits per heavy atom. The number of halogens is 1. The van der Waals surface area contributed by atoms with E-state index in [4.69, 9.17) is 16.3 Å². The van der Waals surface area contributed by atoms with Gasteiger partial charge in [0.25, 0.3) is 0 Å². The van der Waals surface area contributed by atoms with Gasteiger partial charge in [-0.2, -0.15) is 5.01 Å². The normalized spacial score (nSPS) is 29.5. The fraction of sp³-hybridized carbons (Fsp3) is 0.364. The largest absolute Gasteiger partial charge is 0.470 e. The first-order valence-electron chi connectivity index (χ1n) is 9.84. The molecule has 0 aromatic heterocycles. The molecule has 2 N–H and O–H groups in total. The van der Waals surface area contributed by atoms with Crippen LogP contribution in [0.2, 0.25) is 5.02 Å². The number of hydrogen-bond acceptors (Lipinski definition) is 3. The zero-order valence-corrected chi connectivity index (χ0v) is 16.3. The van der Waals surface area contributed by atoms with Crippen molar-refractivity contribution >= 4 is 17.3 Å². The van der Waals surface area contributed by atoms with Gasteiger partial charge >= 0.3 is 0 Å². The average Bonchev–Trinajstić information content (AvgIpc) is 3.16. The lowest BCUT2D eigenvalue weighted by Gasteiger charge is -2.50. The van der Waals surface area contributed by atoms with E-state index in [0.717, 1.165) is 48.0 Å². The second-order valence-electron chi connectivity index (χ2n) is 7.68. The monoisotopic (exact) mass is 382 g/mol. The van der Waals surface area contributed by atoms with E-state index in [-0.39, 0.29) is 11.8 Å². The molecule has 5 heteroatoms. The van der Waals surface area contributed by atoms with Crippen molar-refractivity contribution in [1.29, 1.82) is 0 Å². The fourth-order valence-corrected chi connectivity index (χ4v) is 4.88. The van der Waals surface area contributed by atoms with E-state index in [1.165, 1.54) is 12.1 Å². The van der Waals surface area contributed by atoms with Crippen molar-refractivity contribution < 1.29 is 9.64 Å². The Labute approximate surface area is 165 Å². The Kier molecular flexibility index (Phi) is 4.15. The number of benzene rings is 2. The summed E-state index contributed by atoms with van der Waals surface area (Å²) in [6.07, 6.45) is 4.32. The van der Waals surface area contributed by atoms with Crippen molar-refractivity contribution in [3.63, 3.8) is 0 Å². The molecule has 1 spiro atoms. The molecule has 2 aromatic rings. The van der Waals surface area contributed by atoms with E-state index in [9.17, 15) is 0 Å². The molecular formula is C22H25ClN3O+. The van der Waals surface area contributed by atoms with Crippen LogP contribution in [0.3, 0.4) is 0 Å². The summed E-state index contributed by atoms with van der Waals surface area (Å²) < 4.78 is 6.67. The summed E-state index contributed by atoms with van der Waals surface area (Å²) in [5.74, 6) is 1.01. The quantitative estimate of drug-likeness (QED) is 0.836. The van der Waals surface area contributed by atoms with E-state index in [1.807, 2.05) is 18.2 Å². The Morgan fingerprint density at radius 1 is 1.15 bits per heavy atom. The average molecular weight is 383 g/mol. The highest BCUT2D eigenvalue weighted by molar-refractivity contribution is 6.32. The van der Waals surface area contributed by atoms with Gasteiger partial charge in [0.1, 0.15) is 5.75 Å². The van der Waals surface area contributed by atoms with Crippen LogP contribution in [0.5, 0.6) is 5.75 Å². The maximum atomic E-state index is 6.67. The topological polar surface area (TPSA) is 28.9 Å². The summed E-state index contributed by atoms with van der Waals surface area (Å²) in [4.78, 5) is 1.65. The molecule has 4 nitrogen and oxygen atoms in total. The van der Waals surface area contributed by atoms with E-state index in [0.29, 0.717) is 0 Å². The first kappa shape index (κ1) is 17.1. The van der Waals surface area contributed by atoms with Gasteiger partial charge in [-0.3, -0.25) is 0 Å². The third kappa shape index (κ3) is 2.75. The number of likely N-dealkylation sites (tertiary alicyclic amines) is 1. The van der Waals surface area contributed by atoms with E-state index < -0.39 is 0 Å². The first-order valence-corrected chi connectivity index (χ1v) is 10.2. The number of quaternary nitrogens is 1. The molecular weight excluding hydrogens is 358 g/mol. The summed E-state index contributed by atoms with van der Waals surface area (Å²) in [7, 11) is 0. The van der Waals surface area contributed by atoms with Crippen molar-refractivity contribution in [1.82, 2.24) is 10.4 Å². The third-order valence-corrected chi connectivity index (χ3v) is 6.55. The maximum Gasteiger partial charge on any atom is 0.191 e. The van der Waals surface area contributed by atoms with Gasteiger partial charge in [0.2, 0.25) is 0 Å². The molecule has 0 radical (unpaired) electrons. The molecule has 5 rings (SSSR count). The molecule has 0 saturated carbocycles. The molecule has 0 amide bonds. The minimum absolute atomic E-state index is 0.157. The second kappa shape index (κ2) is 6.55. The van der Waals surface area contributed by atoms with Crippen molar-refractivity contribution in [2.24, 2.45) is 0 Å². The van der Waals surface area contributed by atoms with Crippen LogP contribution in [-0.4, -0.2) is 30.4 Å². The van der Waals surface area contributed by atoms with Gasteiger partial charge in [-0.15, -0.1) is 0 Å². The van der Waals surface area contributed by atoms with Crippen LogP contribution in [-0.2, 0) is 0 Å². The Balaban J connectivity index is 1.56. The summed E-state index contributed by atoms with van der Waals surface area (Å²) in [5, 5.41) is 3.10. The van der Waals surface area contributed by atoms with Gasteiger partial charge < -0.3 is 15.1 Å². The molecule has 0 aliphatic carbocycles. The highest BCUT2D eigenvalue weighted by Gasteiger charge is 2.52. The zero-order chi connectivity index (χ0) is 18.4. The van der Waals surface area contributed by atoms with Gasteiger partial charge in [0.15, 0.2) is 5.72 Å². The molecule has 0 bridgehead atoms. The minimum atomic E-state index is -0.308. The molecule has 2 aromatic carbocycles.